The van der Waals surface area contributed by atoms with Gasteiger partial charge in [-0.1, -0.05) is 72.8 Å². The number of ether oxygens (including phenoxy) is 3. The number of nitrogens with two attached hydrogens (primary N) is 3. The quantitative estimate of drug-likeness (QED) is 0.109. The van der Waals surface area contributed by atoms with Crippen molar-refractivity contribution in [2.45, 2.75) is 19.8 Å². The van der Waals surface area contributed by atoms with Crippen molar-refractivity contribution >= 4 is 17.1 Å². The molecule has 0 aliphatic carbocycles. The van der Waals surface area contributed by atoms with Crippen LogP contribution < -0.4 is 31.4 Å². The van der Waals surface area contributed by atoms with E-state index in [2.05, 4.69) is 0 Å². The summed E-state index contributed by atoms with van der Waals surface area (Å²) in [5.41, 5.74) is 25.1. The second kappa shape index (κ2) is 15.1. The minimum absolute atomic E-state index is 0.417. The minimum Gasteiger partial charge on any atom is -0.489 e. The Hall–Kier alpha value is -6.87. The predicted octanol–water partition coefficient (Wildman–Crippen LogP) is 8.36. The summed E-state index contributed by atoms with van der Waals surface area (Å²) in [5.74, 6) is 3.95. The SMILES string of the molecule is Nc1ccc(OCc2ccc(-c3nc(-c4ccc(COc5ccc(N)cc5)cc4)nc(-c4ccc(COc5ccc(N)cc5)cc4)n3)cc2)cc1. The molecule has 0 aliphatic heterocycles. The lowest BCUT2D eigenvalue weighted by Gasteiger charge is -2.11. The van der Waals surface area contributed by atoms with E-state index in [1.807, 2.05) is 146 Å². The predicted molar refractivity (Wildman–Crippen MR) is 202 cm³/mol. The summed E-state index contributed by atoms with van der Waals surface area (Å²) in [5, 5.41) is 0. The molecule has 0 saturated heterocycles. The first-order valence-corrected chi connectivity index (χ1v) is 16.4. The van der Waals surface area contributed by atoms with Crippen molar-refractivity contribution in [3.8, 4) is 51.4 Å². The van der Waals surface area contributed by atoms with Gasteiger partial charge in [-0.05, 0) is 89.5 Å². The monoisotopic (exact) mass is 672 g/mol. The minimum atomic E-state index is 0.417. The van der Waals surface area contributed by atoms with Gasteiger partial charge in [0.25, 0.3) is 0 Å². The Morgan fingerprint density at radius 2 is 0.549 bits per heavy atom. The van der Waals surface area contributed by atoms with Gasteiger partial charge in [-0.2, -0.15) is 0 Å². The molecular formula is C42H36N6O3. The maximum atomic E-state index is 5.94. The molecule has 1 heterocycles. The molecule has 0 bridgehead atoms. The normalized spacial score (nSPS) is 10.8. The topological polar surface area (TPSA) is 144 Å². The van der Waals surface area contributed by atoms with Crippen molar-refractivity contribution in [2.24, 2.45) is 0 Å². The zero-order chi connectivity index (χ0) is 35.0. The lowest BCUT2D eigenvalue weighted by atomic mass is 10.1. The molecule has 51 heavy (non-hydrogen) atoms. The van der Waals surface area contributed by atoms with E-state index in [-0.39, 0.29) is 0 Å². The molecule has 252 valence electrons. The Morgan fingerprint density at radius 1 is 0.314 bits per heavy atom. The Bertz CT molecular complexity index is 1920. The Balaban J connectivity index is 1.12. The molecule has 0 saturated carbocycles. The average Bonchev–Trinajstić information content (AvgIpc) is 3.18. The van der Waals surface area contributed by atoms with Gasteiger partial charge in [0.05, 0.1) is 0 Å². The molecule has 0 radical (unpaired) electrons. The van der Waals surface area contributed by atoms with Crippen LogP contribution in [-0.2, 0) is 19.8 Å². The van der Waals surface area contributed by atoms with Crippen LogP contribution in [0.25, 0.3) is 34.2 Å². The fraction of sp³-hybridized carbons (Fsp3) is 0.0714. The lowest BCUT2D eigenvalue weighted by molar-refractivity contribution is 0.306. The second-order valence-electron chi connectivity index (χ2n) is 12.0. The maximum Gasteiger partial charge on any atom is 0.164 e. The van der Waals surface area contributed by atoms with E-state index >= 15 is 0 Å². The number of anilines is 3. The smallest absolute Gasteiger partial charge is 0.164 e. The molecule has 7 aromatic rings. The molecule has 9 heteroatoms. The summed E-state index contributed by atoms with van der Waals surface area (Å²) in [4.78, 5) is 14.7. The van der Waals surface area contributed by atoms with Crippen molar-refractivity contribution in [2.75, 3.05) is 17.2 Å². The largest absolute Gasteiger partial charge is 0.489 e. The highest BCUT2D eigenvalue weighted by atomic mass is 16.5. The highest BCUT2D eigenvalue weighted by Gasteiger charge is 2.13. The molecule has 6 aromatic carbocycles. The zero-order valence-electron chi connectivity index (χ0n) is 27.8. The molecule has 6 N–H and O–H groups in total. The van der Waals surface area contributed by atoms with Gasteiger partial charge in [-0.15, -0.1) is 0 Å². The van der Waals surface area contributed by atoms with Crippen molar-refractivity contribution in [3.05, 3.63) is 162 Å². The van der Waals surface area contributed by atoms with E-state index < -0.39 is 0 Å². The molecule has 7 rings (SSSR count). The molecule has 0 unspecified atom stereocenters. The fourth-order valence-corrected chi connectivity index (χ4v) is 5.21. The van der Waals surface area contributed by atoms with E-state index in [1.165, 1.54) is 0 Å². The van der Waals surface area contributed by atoms with Gasteiger partial charge in [0.15, 0.2) is 17.5 Å². The van der Waals surface area contributed by atoms with Gasteiger partial charge in [0, 0.05) is 33.8 Å². The number of rotatable bonds is 12. The van der Waals surface area contributed by atoms with Gasteiger partial charge >= 0.3 is 0 Å². The number of nitrogens with zero attached hydrogens (tertiary/aromatic N) is 3. The number of aromatic nitrogens is 3. The summed E-state index contributed by atoms with van der Waals surface area (Å²) in [6.45, 7) is 1.25. The van der Waals surface area contributed by atoms with E-state index in [9.17, 15) is 0 Å². The molecule has 0 aliphatic rings. The van der Waals surface area contributed by atoms with Crippen LogP contribution >= 0.6 is 0 Å². The van der Waals surface area contributed by atoms with E-state index in [1.54, 1.807) is 0 Å². The molecule has 9 nitrogen and oxygen atoms in total. The molecular weight excluding hydrogens is 637 g/mol. The fourth-order valence-electron chi connectivity index (χ4n) is 5.21. The zero-order valence-corrected chi connectivity index (χ0v) is 27.8. The van der Waals surface area contributed by atoms with E-state index in [4.69, 9.17) is 46.4 Å². The first-order chi connectivity index (χ1) is 24.9. The van der Waals surface area contributed by atoms with Gasteiger partial charge in [0.1, 0.15) is 37.1 Å². The average molecular weight is 673 g/mol. The third-order valence-corrected chi connectivity index (χ3v) is 8.13. The van der Waals surface area contributed by atoms with Crippen LogP contribution in [0.4, 0.5) is 17.1 Å². The van der Waals surface area contributed by atoms with Crippen molar-refractivity contribution < 1.29 is 14.2 Å². The summed E-state index contributed by atoms with van der Waals surface area (Å²) >= 11 is 0. The van der Waals surface area contributed by atoms with E-state index in [0.29, 0.717) is 54.4 Å². The molecule has 1 aromatic heterocycles. The lowest BCUT2D eigenvalue weighted by Crippen LogP contribution is -2.01. The third kappa shape index (κ3) is 8.60. The van der Waals surface area contributed by atoms with E-state index in [0.717, 1.165) is 50.6 Å². The summed E-state index contributed by atoms with van der Waals surface area (Å²) in [7, 11) is 0. The Labute approximate surface area is 296 Å². The van der Waals surface area contributed by atoms with Crippen molar-refractivity contribution in [3.63, 3.8) is 0 Å². The second-order valence-corrected chi connectivity index (χ2v) is 12.0. The summed E-state index contributed by atoms with van der Waals surface area (Å²) < 4.78 is 17.8. The molecule has 0 fully saturated rings. The number of benzene rings is 6. The number of nitrogen functional groups attached to an aromatic ring is 3. The van der Waals surface area contributed by atoms with Gasteiger partial charge < -0.3 is 31.4 Å². The van der Waals surface area contributed by atoms with Gasteiger partial charge in [0.2, 0.25) is 0 Å². The first-order valence-electron chi connectivity index (χ1n) is 16.4. The Morgan fingerprint density at radius 3 is 0.784 bits per heavy atom. The van der Waals surface area contributed by atoms with Crippen LogP contribution in [0, 0.1) is 0 Å². The van der Waals surface area contributed by atoms with Crippen LogP contribution in [-0.4, -0.2) is 15.0 Å². The number of hydrogen-bond acceptors (Lipinski definition) is 9. The molecule has 0 spiro atoms. The van der Waals surface area contributed by atoms with Crippen LogP contribution in [0.1, 0.15) is 16.7 Å². The molecule has 0 amide bonds. The van der Waals surface area contributed by atoms with Crippen molar-refractivity contribution in [1.82, 2.24) is 15.0 Å². The summed E-state index contributed by atoms with van der Waals surface area (Å²) in [6, 6.07) is 46.2. The van der Waals surface area contributed by atoms with Gasteiger partial charge in [-0.25, -0.2) is 15.0 Å². The maximum absolute atomic E-state index is 5.94. The third-order valence-electron chi connectivity index (χ3n) is 8.13. The highest BCUT2D eigenvalue weighted by molar-refractivity contribution is 5.67. The van der Waals surface area contributed by atoms with Gasteiger partial charge in [-0.3, -0.25) is 0 Å². The first kappa shape index (κ1) is 32.7. The van der Waals surface area contributed by atoms with Crippen molar-refractivity contribution in [1.29, 1.82) is 0 Å². The highest BCUT2D eigenvalue weighted by Crippen LogP contribution is 2.27. The molecule has 0 atom stereocenters. The van der Waals surface area contributed by atoms with Crippen LogP contribution in [0.3, 0.4) is 0 Å². The summed E-state index contributed by atoms with van der Waals surface area (Å²) in [6.07, 6.45) is 0. The standard InChI is InChI=1S/C42H36N6O3/c43-34-13-19-37(20-14-34)49-25-28-1-7-31(8-2-28)40-46-41(32-9-3-29(4-10-32)26-50-38-21-15-35(44)16-22-38)48-42(47-40)33-11-5-30(6-12-33)27-51-39-23-17-36(45)18-24-39/h1-24H,25-27,43-45H2. The van der Waals surface area contributed by atoms with Crippen LogP contribution in [0.2, 0.25) is 0 Å². The Kier molecular flexibility index (Phi) is 9.69. The van der Waals surface area contributed by atoms with Crippen LogP contribution in [0.5, 0.6) is 17.2 Å². The number of hydrogen-bond donors (Lipinski definition) is 3. The van der Waals surface area contributed by atoms with Crippen LogP contribution in [0.15, 0.2) is 146 Å².